The Bertz CT molecular complexity index is 1590. The Labute approximate surface area is 266 Å². The first-order valence-electron chi connectivity index (χ1n) is 15.1. The molecule has 0 spiro atoms. The molecule has 0 radical (unpaired) electrons. The molecule has 1 saturated heterocycles. The number of ether oxygens (including phenoxy) is 1. The number of amides is 3. The maximum atomic E-state index is 15.7. The fourth-order valence-electron chi connectivity index (χ4n) is 5.53. The van der Waals surface area contributed by atoms with E-state index in [0.717, 1.165) is 11.6 Å². The third kappa shape index (κ3) is 7.58. The molecule has 2 aliphatic rings. The van der Waals surface area contributed by atoms with E-state index in [4.69, 9.17) is 4.74 Å². The number of hydrogen-bond acceptors (Lipinski definition) is 6. The Hall–Kier alpha value is -4.12. The molecule has 45 heavy (non-hydrogen) atoms. The van der Waals surface area contributed by atoms with Gasteiger partial charge in [0.1, 0.15) is 15.5 Å². The van der Waals surface area contributed by atoms with E-state index in [2.05, 4.69) is 10.3 Å². The van der Waals surface area contributed by atoms with E-state index in [1.807, 2.05) is 51.1 Å². The molecular formula is C34H38F2N4O4S. The number of alkyl halides is 2. The summed E-state index contributed by atoms with van der Waals surface area (Å²) in [6.45, 7) is 8.26. The number of hydrogen-bond donors (Lipinski definition) is 1. The zero-order chi connectivity index (χ0) is 32.4. The number of fused-ring (bicyclic) bond motifs is 1. The number of carbonyl (C=O) groups is 3. The van der Waals surface area contributed by atoms with E-state index < -0.39 is 35.3 Å². The molecule has 0 saturated carbocycles. The van der Waals surface area contributed by atoms with E-state index in [9.17, 15) is 14.4 Å². The number of thiazole rings is 1. The number of aryl methyl sites for hydroxylation is 1. The average molecular weight is 637 g/mol. The van der Waals surface area contributed by atoms with Gasteiger partial charge in [0.25, 0.3) is 11.8 Å². The number of piperidine rings is 1. The predicted molar refractivity (Wildman–Crippen MR) is 171 cm³/mol. The molecule has 3 amide bonds. The highest BCUT2D eigenvalue weighted by molar-refractivity contribution is 7.17. The van der Waals surface area contributed by atoms with Crippen molar-refractivity contribution in [2.24, 2.45) is 5.92 Å². The lowest BCUT2D eigenvalue weighted by atomic mass is 9.96. The molecule has 5 rings (SSSR count). The number of anilines is 1. The van der Waals surface area contributed by atoms with Gasteiger partial charge in [-0.3, -0.25) is 9.59 Å². The van der Waals surface area contributed by atoms with Crippen LogP contribution in [0.1, 0.15) is 61.0 Å². The quantitative estimate of drug-likeness (QED) is 0.306. The Kier molecular flexibility index (Phi) is 9.38. The van der Waals surface area contributed by atoms with Crippen molar-refractivity contribution in [2.45, 2.75) is 58.5 Å². The average Bonchev–Trinajstić information content (AvgIpc) is 3.35. The number of benzene rings is 2. The van der Waals surface area contributed by atoms with Gasteiger partial charge in [-0.1, -0.05) is 48.5 Å². The summed E-state index contributed by atoms with van der Waals surface area (Å²) in [4.78, 5) is 47.2. The Morgan fingerprint density at radius 2 is 1.71 bits per heavy atom. The summed E-state index contributed by atoms with van der Waals surface area (Å²) < 4.78 is 36.8. The monoisotopic (exact) mass is 636 g/mol. The minimum atomic E-state index is -3.35. The standard InChI is InChI=1S/C34H38F2N4O4S/c1-22-29(45-30(38-22)24-10-6-5-7-11-24)31(42)40-19-16-34(35,36)26(25-12-8-9-13-27(25)40)20-28(41)37-21-23-14-17-39(18-15-23)32(43)44-33(2,3)4/h5-13,20,23H,14-19,21H2,1-4H3,(H,37,41)/b26-20-. The topological polar surface area (TPSA) is 91.8 Å². The molecule has 0 aliphatic carbocycles. The van der Waals surface area contributed by atoms with Crippen LogP contribution in [0.15, 0.2) is 60.7 Å². The molecule has 3 aromatic rings. The first kappa shape index (κ1) is 32.3. The molecule has 2 aliphatic heterocycles. The van der Waals surface area contributed by atoms with E-state index in [0.29, 0.717) is 53.7 Å². The molecule has 0 atom stereocenters. The van der Waals surface area contributed by atoms with Crippen molar-refractivity contribution in [2.75, 3.05) is 31.1 Å². The van der Waals surface area contributed by atoms with E-state index in [1.165, 1.54) is 22.3 Å². The summed E-state index contributed by atoms with van der Waals surface area (Å²) in [7, 11) is 0. The summed E-state index contributed by atoms with van der Waals surface area (Å²) in [6.07, 6.45) is 1.29. The van der Waals surface area contributed by atoms with Crippen LogP contribution in [0.25, 0.3) is 16.1 Å². The minimum Gasteiger partial charge on any atom is -0.444 e. The van der Waals surface area contributed by atoms with Gasteiger partial charge >= 0.3 is 6.09 Å². The van der Waals surface area contributed by atoms with Crippen molar-refractivity contribution in [3.63, 3.8) is 0 Å². The number of aromatic nitrogens is 1. The maximum Gasteiger partial charge on any atom is 0.410 e. The molecule has 1 aromatic heterocycles. The van der Waals surface area contributed by atoms with Crippen molar-refractivity contribution in [1.29, 1.82) is 0 Å². The van der Waals surface area contributed by atoms with Crippen molar-refractivity contribution < 1.29 is 27.9 Å². The second-order valence-electron chi connectivity index (χ2n) is 12.4. The van der Waals surface area contributed by atoms with Crippen molar-refractivity contribution >= 4 is 40.5 Å². The van der Waals surface area contributed by atoms with Crippen LogP contribution in [-0.4, -0.2) is 65.5 Å². The van der Waals surface area contributed by atoms with Crippen LogP contribution in [0.5, 0.6) is 0 Å². The number of halogens is 2. The van der Waals surface area contributed by atoms with E-state index in [-0.39, 0.29) is 24.1 Å². The number of para-hydroxylation sites is 1. The van der Waals surface area contributed by atoms with Crippen LogP contribution in [0.4, 0.5) is 19.3 Å². The summed E-state index contributed by atoms with van der Waals surface area (Å²) in [6, 6.07) is 16.0. The second kappa shape index (κ2) is 13.1. The molecule has 8 nitrogen and oxygen atoms in total. The minimum absolute atomic E-state index is 0.101. The Morgan fingerprint density at radius 3 is 2.40 bits per heavy atom. The fraction of sp³-hybridized carbons (Fsp3) is 0.412. The first-order chi connectivity index (χ1) is 21.3. The highest BCUT2D eigenvalue weighted by Crippen LogP contribution is 2.44. The van der Waals surface area contributed by atoms with Gasteiger partial charge in [-0.2, -0.15) is 0 Å². The van der Waals surface area contributed by atoms with Crippen molar-refractivity contribution in [1.82, 2.24) is 15.2 Å². The third-order valence-electron chi connectivity index (χ3n) is 7.89. The molecule has 238 valence electrons. The summed E-state index contributed by atoms with van der Waals surface area (Å²) in [5.74, 6) is -4.28. The van der Waals surface area contributed by atoms with Crippen LogP contribution in [0, 0.1) is 12.8 Å². The van der Waals surface area contributed by atoms with Crippen LogP contribution in [0.3, 0.4) is 0 Å². The molecule has 1 fully saturated rings. The van der Waals surface area contributed by atoms with Gasteiger partial charge < -0.3 is 19.9 Å². The summed E-state index contributed by atoms with van der Waals surface area (Å²) in [5.41, 5.74) is 0.866. The van der Waals surface area contributed by atoms with Gasteiger partial charge in [-0.25, -0.2) is 18.6 Å². The molecular weight excluding hydrogens is 598 g/mol. The molecule has 11 heteroatoms. The normalized spacial score (nSPS) is 17.9. The summed E-state index contributed by atoms with van der Waals surface area (Å²) in [5, 5.41) is 3.46. The molecule has 1 N–H and O–H groups in total. The van der Waals surface area contributed by atoms with E-state index >= 15 is 8.78 Å². The van der Waals surface area contributed by atoms with Crippen LogP contribution in [-0.2, 0) is 9.53 Å². The first-order valence-corrected chi connectivity index (χ1v) is 15.9. The van der Waals surface area contributed by atoms with Crippen LogP contribution < -0.4 is 10.2 Å². The molecule has 3 heterocycles. The van der Waals surface area contributed by atoms with Gasteiger partial charge in [-0.15, -0.1) is 11.3 Å². The van der Waals surface area contributed by atoms with Gasteiger partial charge in [0, 0.05) is 55.4 Å². The smallest absolute Gasteiger partial charge is 0.410 e. The largest absolute Gasteiger partial charge is 0.444 e. The van der Waals surface area contributed by atoms with Gasteiger partial charge in [0.05, 0.1) is 11.4 Å². The zero-order valence-electron chi connectivity index (χ0n) is 25.9. The lowest BCUT2D eigenvalue weighted by molar-refractivity contribution is -0.116. The number of nitrogens with one attached hydrogen (secondary N) is 1. The Morgan fingerprint density at radius 1 is 1.04 bits per heavy atom. The zero-order valence-corrected chi connectivity index (χ0v) is 26.8. The highest BCUT2D eigenvalue weighted by atomic mass is 32.1. The fourth-order valence-corrected chi connectivity index (χ4v) is 6.55. The maximum absolute atomic E-state index is 15.7. The number of likely N-dealkylation sites (tertiary alicyclic amines) is 1. The van der Waals surface area contributed by atoms with Crippen molar-refractivity contribution in [3.05, 3.63) is 76.8 Å². The molecule has 0 unspecified atom stereocenters. The Balaban J connectivity index is 1.31. The second-order valence-corrected chi connectivity index (χ2v) is 13.4. The van der Waals surface area contributed by atoms with Gasteiger partial charge in [-0.05, 0) is 52.5 Å². The third-order valence-corrected chi connectivity index (χ3v) is 9.09. The lowest BCUT2D eigenvalue weighted by Crippen LogP contribution is -2.43. The van der Waals surface area contributed by atoms with Crippen LogP contribution in [0.2, 0.25) is 0 Å². The number of allylic oxidation sites excluding steroid dienone is 1. The molecule has 0 bridgehead atoms. The SMILES string of the molecule is Cc1nc(-c2ccccc2)sc1C(=O)N1CCC(F)(F)/C(=C\C(=O)NCC2CCN(C(=O)OC(C)(C)C)CC2)c2ccccc21. The van der Waals surface area contributed by atoms with Crippen molar-refractivity contribution in [3.8, 4) is 10.6 Å². The number of nitrogens with zero attached hydrogens (tertiary/aromatic N) is 3. The summed E-state index contributed by atoms with van der Waals surface area (Å²) >= 11 is 1.23. The number of carbonyl (C=O) groups excluding carboxylic acids is 3. The van der Waals surface area contributed by atoms with E-state index in [1.54, 1.807) is 30.0 Å². The highest BCUT2D eigenvalue weighted by Gasteiger charge is 2.42. The van der Waals surface area contributed by atoms with Crippen LogP contribution >= 0.6 is 11.3 Å². The predicted octanol–water partition coefficient (Wildman–Crippen LogP) is 6.95. The van der Waals surface area contributed by atoms with Gasteiger partial charge in [0.15, 0.2) is 0 Å². The number of rotatable bonds is 5. The van der Waals surface area contributed by atoms with Gasteiger partial charge in [0.2, 0.25) is 5.91 Å². The molecule has 2 aromatic carbocycles. The lowest BCUT2D eigenvalue weighted by Gasteiger charge is -2.33.